The highest BCUT2D eigenvalue weighted by molar-refractivity contribution is 6.41. The minimum atomic E-state index is -0.544. The van der Waals surface area contributed by atoms with Gasteiger partial charge < -0.3 is 43.4 Å². The molecule has 7 rings (SSSR count). The smallest absolute Gasteiger partial charge is 0.261 e. The van der Waals surface area contributed by atoms with Crippen LogP contribution in [-0.2, 0) is 9.59 Å². The van der Waals surface area contributed by atoms with Gasteiger partial charge in [-0.1, -0.05) is 24.3 Å². The van der Waals surface area contributed by atoms with Crippen LogP contribution in [0.3, 0.4) is 0 Å². The van der Waals surface area contributed by atoms with Gasteiger partial charge in [0, 0.05) is 46.1 Å². The highest BCUT2D eigenvalue weighted by Crippen LogP contribution is 2.46. The van der Waals surface area contributed by atoms with E-state index >= 15 is 0 Å². The number of imide groups is 2. The molecule has 0 spiro atoms. The Balaban J connectivity index is 0.973. The number of amides is 6. The molecule has 0 unspecified atom stereocenters. The van der Waals surface area contributed by atoms with Gasteiger partial charge >= 0.3 is 0 Å². The van der Waals surface area contributed by atoms with Crippen molar-refractivity contribution in [1.29, 1.82) is 0 Å². The maximum atomic E-state index is 14.0. The number of carbonyl (C=O) groups excluding carboxylic acids is 6. The molecule has 340 valence electrons. The average molecular weight is 875 g/mol. The summed E-state index contributed by atoms with van der Waals surface area (Å²) in [6.45, 7) is 8.46. The number of nitrogens with two attached hydrogens (primary N) is 2. The molecule has 2 aliphatic heterocycles. The van der Waals surface area contributed by atoms with Gasteiger partial charge in [-0.25, -0.2) is 0 Å². The summed E-state index contributed by atoms with van der Waals surface area (Å²) in [5.74, 6) is -3.00. The molecule has 10 N–H and O–H groups in total. The molecular formula is C48H62N10O6. The first kappa shape index (κ1) is 46.4. The van der Waals surface area contributed by atoms with Crippen molar-refractivity contribution in [2.45, 2.75) is 51.4 Å². The minimum absolute atomic E-state index is 0.324. The van der Waals surface area contributed by atoms with Crippen molar-refractivity contribution < 1.29 is 28.8 Å². The lowest BCUT2D eigenvalue weighted by Crippen LogP contribution is -2.46. The van der Waals surface area contributed by atoms with Crippen molar-refractivity contribution >= 4 is 78.5 Å². The highest BCUT2D eigenvalue weighted by atomic mass is 16.2. The molecule has 2 heterocycles. The highest BCUT2D eigenvalue weighted by Gasteiger charge is 2.38. The average Bonchev–Trinajstić information content (AvgIpc) is 3.30. The number of benzene rings is 5. The largest absolute Gasteiger partial charge is 0.354 e. The topological polar surface area (TPSA) is 233 Å². The van der Waals surface area contributed by atoms with Crippen molar-refractivity contribution in [3.8, 4) is 0 Å². The van der Waals surface area contributed by atoms with E-state index in [4.69, 9.17) is 11.5 Å². The van der Waals surface area contributed by atoms with Gasteiger partial charge in [-0.3, -0.25) is 38.6 Å². The monoisotopic (exact) mass is 874 g/mol. The molecule has 0 radical (unpaired) electrons. The molecule has 16 nitrogen and oxygen atoms in total. The van der Waals surface area contributed by atoms with Crippen molar-refractivity contribution in [3.05, 3.63) is 70.8 Å². The Kier molecular flexibility index (Phi) is 16.2. The van der Waals surface area contributed by atoms with Gasteiger partial charge in [-0.2, -0.15) is 0 Å². The summed E-state index contributed by atoms with van der Waals surface area (Å²) in [7, 11) is 0. The van der Waals surface area contributed by atoms with Crippen molar-refractivity contribution in [1.82, 2.24) is 41.7 Å². The second-order valence-corrected chi connectivity index (χ2v) is 16.6. The van der Waals surface area contributed by atoms with E-state index in [1.807, 2.05) is 24.3 Å². The van der Waals surface area contributed by atoms with E-state index in [2.05, 4.69) is 31.9 Å². The summed E-state index contributed by atoms with van der Waals surface area (Å²) in [5, 5.41) is 24.7. The van der Waals surface area contributed by atoms with Crippen molar-refractivity contribution in [2.24, 2.45) is 11.5 Å². The molecule has 0 bridgehead atoms. The molecule has 0 fully saturated rings. The van der Waals surface area contributed by atoms with Crippen molar-refractivity contribution in [2.75, 3.05) is 91.6 Å². The molecule has 16 heteroatoms. The van der Waals surface area contributed by atoms with E-state index in [-0.39, 0.29) is 0 Å². The number of nitrogens with zero attached hydrogens (tertiary/aromatic N) is 2. The lowest BCUT2D eigenvalue weighted by atomic mass is 9.82. The standard InChI is InChI=1S/C48H62N10O6/c49-17-5-23-51-19-1-3-21-53-25-7-27-55-39(59)29-57-45(61)35-13-9-31-33-11-15-37-44-38(16-12-34(42(33)44)32-10-14-36(46(57)62)43(35)41(31)32)48(64)58(47(37)63)30-40(60)56-28-8-26-54-22-4-2-20-52-24-6-18-50/h9-16,51-54H,1-8,17-30,49-50H2,(H,55,59)(H,56,60). The van der Waals surface area contributed by atoms with Crippen LogP contribution in [-0.4, -0.2) is 137 Å². The Morgan fingerprint density at radius 3 is 0.953 bits per heavy atom. The number of nitrogens with one attached hydrogen (secondary N) is 6. The van der Waals surface area contributed by atoms with Crippen LogP contribution in [0.25, 0.3) is 43.1 Å². The summed E-state index contributed by atoms with van der Waals surface area (Å²) in [5.41, 5.74) is 12.3. The molecule has 5 aromatic rings. The normalized spacial score (nSPS) is 13.7. The third-order valence-corrected chi connectivity index (χ3v) is 12.1. The van der Waals surface area contributed by atoms with Crippen LogP contribution in [0.15, 0.2) is 48.5 Å². The number of hydrogen-bond acceptors (Lipinski definition) is 12. The van der Waals surface area contributed by atoms with Gasteiger partial charge in [-0.15, -0.1) is 0 Å². The van der Waals surface area contributed by atoms with Gasteiger partial charge in [0.1, 0.15) is 13.1 Å². The second-order valence-electron chi connectivity index (χ2n) is 16.6. The number of rotatable bonds is 28. The Bertz CT molecular complexity index is 2220. The quantitative estimate of drug-likeness (QED) is 0.0157. The maximum Gasteiger partial charge on any atom is 0.261 e. The van der Waals surface area contributed by atoms with Gasteiger partial charge in [0.05, 0.1) is 0 Å². The van der Waals surface area contributed by atoms with Crippen LogP contribution in [0.5, 0.6) is 0 Å². The molecule has 5 aromatic carbocycles. The molecule has 0 aliphatic carbocycles. The van der Waals surface area contributed by atoms with Gasteiger partial charge in [0.2, 0.25) is 11.8 Å². The van der Waals surface area contributed by atoms with Crippen LogP contribution in [0.2, 0.25) is 0 Å². The minimum Gasteiger partial charge on any atom is -0.354 e. The molecule has 0 saturated heterocycles. The van der Waals surface area contributed by atoms with Crippen LogP contribution < -0.4 is 43.4 Å². The van der Waals surface area contributed by atoms with E-state index in [1.165, 1.54) is 0 Å². The zero-order valence-corrected chi connectivity index (χ0v) is 36.7. The lowest BCUT2D eigenvalue weighted by molar-refractivity contribution is -0.122. The van der Waals surface area contributed by atoms with E-state index in [9.17, 15) is 28.8 Å². The number of hydrogen-bond donors (Lipinski definition) is 8. The third-order valence-electron chi connectivity index (χ3n) is 12.1. The Labute approximate surface area is 373 Å². The molecular weight excluding hydrogens is 813 g/mol. The first-order valence-corrected chi connectivity index (χ1v) is 23.0. The van der Waals surface area contributed by atoms with Crippen molar-refractivity contribution in [3.63, 3.8) is 0 Å². The Morgan fingerprint density at radius 2 is 0.656 bits per heavy atom. The zero-order chi connectivity index (χ0) is 45.0. The van der Waals surface area contributed by atoms with E-state index < -0.39 is 48.5 Å². The molecule has 0 saturated carbocycles. The fourth-order valence-electron chi connectivity index (χ4n) is 8.89. The molecule has 0 atom stereocenters. The third kappa shape index (κ3) is 10.2. The first-order valence-electron chi connectivity index (χ1n) is 23.0. The number of carbonyl (C=O) groups is 6. The molecule has 64 heavy (non-hydrogen) atoms. The SMILES string of the molecule is NCCCNCCCCNCCCNC(=O)CN1C(=O)c2ccc3c4ccc5c6c(ccc(c7ccc(c2c37)C1=O)c64)C(=O)N(CC(=O)NCCCNCCCCNCCCN)C5=O. The van der Waals surface area contributed by atoms with Crippen LogP contribution in [0.4, 0.5) is 0 Å². The summed E-state index contributed by atoms with van der Waals surface area (Å²) < 4.78 is 0. The van der Waals surface area contributed by atoms with Crippen LogP contribution in [0, 0.1) is 0 Å². The predicted molar refractivity (Wildman–Crippen MR) is 251 cm³/mol. The summed E-state index contributed by atoms with van der Waals surface area (Å²) in [6.07, 6.45) is 7.59. The van der Waals surface area contributed by atoms with Gasteiger partial charge in [0.15, 0.2) is 0 Å². The summed E-state index contributed by atoms with van der Waals surface area (Å²) in [6, 6.07) is 14.1. The Morgan fingerprint density at radius 1 is 0.375 bits per heavy atom. The second kappa shape index (κ2) is 22.3. The Hall–Kier alpha value is -5.62. The maximum absolute atomic E-state index is 14.0. The summed E-state index contributed by atoms with van der Waals surface area (Å²) in [4.78, 5) is 83.9. The zero-order valence-electron chi connectivity index (χ0n) is 36.7. The fraction of sp³-hybridized carbons (Fsp3) is 0.458. The molecule has 6 amide bonds. The van der Waals surface area contributed by atoms with E-state index in [0.29, 0.717) is 72.0 Å². The van der Waals surface area contributed by atoms with Crippen LogP contribution in [0.1, 0.15) is 92.8 Å². The lowest BCUT2D eigenvalue weighted by Gasteiger charge is -2.29. The molecule has 2 aliphatic rings. The van der Waals surface area contributed by atoms with E-state index in [1.54, 1.807) is 24.3 Å². The predicted octanol–water partition coefficient (Wildman–Crippen LogP) is 2.56. The number of unbranched alkanes of at least 4 members (excludes halogenated alkanes) is 2. The summed E-state index contributed by atoms with van der Waals surface area (Å²) >= 11 is 0. The van der Waals surface area contributed by atoms with E-state index in [0.717, 1.165) is 133 Å². The molecule has 0 aromatic heterocycles. The van der Waals surface area contributed by atoms with Gasteiger partial charge in [-0.05, 0) is 173 Å². The first-order chi connectivity index (χ1) is 31.3. The number of fused-ring (bicyclic) bond motifs is 2. The van der Waals surface area contributed by atoms with Gasteiger partial charge in [0.25, 0.3) is 23.6 Å². The van der Waals surface area contributed by atoms with Crippen LogP contribution >= 0.6 is 0 Å². The fourth-order valence-corrected chi connectivity index (χ4v) is 8.89.